The van der Waals surface area contributed by atoms with E-state index in [1.165, 1.54) is 41.5 Å². The van der Waals surface area contributed by atoms with Crippen LogP contribution in [0.4, 0.5) is 0 Å². The molecule has 1 aliphatic rings. The van der Waals surface area contributed by atoms with Gasteiger partial charge in [-0.2, -0.15) is 0 Å². The minimum Gasteiger partial charge on any atom is -0.307 e. The van der Waals surface area contributed by atoms with Gasteiger partial charge >= 0.3 is 0 Å². The molecule has 0 aliphatic heterocycles. The summed E-state index contributed by atoms with van der Waals surface area (Å²) in [5.41, 5.74) is 0. The van der Waals surface area contributed by atoms with Crippen molar-refractivity contribution < 1.29 is 0 Å². The molecule has 1 nitrogen and oxygen atoms in total. The maximum absolute atomic E-state index is 3.77. The second-order valence-corrected chi connectivity index (χ2v) is 7.01. The van der Waals surface area contributed by atoms with Crippen molar-refractivity contribution in [2.75, 3.05) is 0 Å². The summed E-state index contributed by atoms with van der Waals surface area (Å²) in [5, 5.41) is 5.93. The van der Waals surface area contributed by atoms with Crippen LogP contribution < -0.4 is 5.32 Å². The number of hydrogen-bond acceptors (Lipinski definition) is 2. The molecule has 1 saturated carbocycles. The predicted molar refractivity (Wildman–Crippen MR) is 79.6 cm³/mol. The molecule has 1 fully saturated rings. The summed E-state index contributed by atoms with van der Waals surface area (Å²) in [6, 6.07) is 3.24. The molecule has 1 heterocycles. The van der Waals surface area contributed by atoms with Crippen molar-refractivity contribution in [2.45, 2.75) is 58.0 Å². The van der Waals surface area contributed by atoms with Crippen LogP contribution in [0.5, 0.6) is 0 Å². The Morgan fingerprint density at radius 1 is 1.29 bits per heavy atom. The zero-order chi connectivity index (χ0) is 12.3. The van der Waals surface area contributed by atoms with Gasteiger partial charge in [0.2, 0.25) is 0 Å². The average Bonchev–Trinajstić information content (AvgIpc) is 2.76. The molecule has 1 unspecified atom stereocenters. The molecule has 3 heteroatoms. The normalized spacial score (nSPS) is 21.4. The van der Waals surface area contributed by atoms with E-state index in [4.69, 9.17) is 0 Å². The summed E-state index contributed by atoms with van der Waals surface area (Å²) in [7, 11) is 0. The van der Waals surface area contributed by atoms with Crippen molar-refractivity contribution >= 4 is 27.3 Å². The fraction of sp³-hybridized carbons (Fsp3) is 0.714. The number of thiophene rings is 1. The van der Waals surface area contributed by atoms with E-state index < -0.39 is 0 Å². The Kier molecular flexibility index (Phi) is 5.07. The second-order valence-electron chi connectivity index (χ2n) is 5.21. The summed E-state index contributed by atoms with van der Waals surface area (Å²) < 4.78 is 1.25. The van der Waals surface area contributed by atoms with E-state index >= 15 is 0 Å². The minimum atomic E-state index is 0.460. The molecule has 1 N–H and O–H groups in total. The molecule has 2 rings (SSSR count). The van der Waals surface area contributed by atoms with Gasteiger partial charge in [0.25, 0.3) is 0 Å². The van der Waals surface area contributed by atoms with Crippen LogP contribution in [0.2, 0.25) is 0 Å². The molecule has 96 valence electrons. The van der Waals surface area contributed by atoms with E-state index in [9.17, 15) is 0 Å². The Labute approximate surface area is 117 Å². The van der Waals surface area contributed by atoms with E-state index in [1.54, 1.807) is 0 Å². The SMILES string of the molecule is CC(N[C@@H](C)C1CCCCC1)c1sccc1Br. The van der Waals surface area contributed by atoms with Crippen LogP contribution in [-0.4, -0.2) is 6.04 Å². The van der Waals surface area contributed by atoms with Gasteiger partial charge < -0.3 is 5.32 Å². The van der Waals surface area contributed by atoms with E-state index in [1.807, 2.05) is 11.3 Å². The van der Waals surface area contributed by atoms with Gasteiger partial charge in [-0.25, -0.2) is 0 Å². The van der Waals surface area contributed by atoms with Crippen LogP contribution in [0.25, 0.3) is 0 Å². The Balaban J connectivity index is 1.89. The maximum Gasteiger partial charge on any atom is 0.0399 e. The van der Waals surface area contributed by atoms with Crippen molar-refractivity contribution in [1.29, 1.82) is 0 Å². The van der Waals surface area contributed by atoms with Crippen molar-refractivity contribution in [2.24, 2.45) is 5.92 Å². The molecule has 17 heavy (non-hydrogen) atoms. The molecule has 1 aliphatic carbocycles. The largest absolute Gasteiger partial charge is 0.307 e. The number of nitrogens with one attached hydrogen (secondary N) is 1. The van der Waals surface area contributed by atoms with Crippen LogP contribution in [-0.2, 0) is 0 Å². The zero-order valence-electron chi connectivity index (χ0n) is 10.7. The van der Waals surface area contributed by atoms with E-state index in [-0.39, 0.29) is 0 Å². The van der Waals surface area contributed by atoms with Gasteiger partial charge in [0.1, 0.15) is 0 Å². The van der Waals surface area contributed by atoms with E-state index in [0.717, 1.165) is 5.92 Å². The molecule has 0 spiro atoms. The molecule has 0 radical (unpaired) electrons. The lowest BCUT2D eigenvalue weighted by Gasteiger charge is -2.30. The Hall–Kier alpha value is 0.140. The molecular weight excluding hydrogens is 294 g/mol. The number of hydrogen-bond donors (Lipinski definition) is 1. The van der Waals surface area contributed by atoms with Crippen molar-refractivity contribution in [3.63, 3.8) is 0 Å². The summed E-state index contributed by atoms with van der Waals surface area (Å²) in [5.74, 6) is 0.880. The van der Waals surface area contributed by atoms with E-state index in [2.05, 4.69) is 46.5 Å². The highest BCUT2D eigenvalue weighted by molar-refractivity contribution is 9.10. The topological polar surface area (TPSA) is 12.0 Å². The maximum atomic E-state index is 3.77. The van der Waals surface area contributed by atoms with Crippen LogP contribution in [0, 0.1) is 5.92 Å². The first-order valence-corrected chi connectivity index (χ1v) is 8.34. The van der Waals surface area contributed by atoms with Crippen molar-refractivity contribution in [3.8, 4) is 0 Å². The van der Waals surface area contributed by atoms with Gasteiger partial charge in [-0.3, -0.25) is 0 Å². The third-order valence-corrected chi connectivity index (χ3v) is 5.96. The molecule has 1 aromatic rings. The average molecular weight is 316 g/mol. The third-order valence-electron chi connectivity index (χ3n) is 3.91. The summed E-state index contributed by atoms with van der Waals surface area (Å²) >= 11 is 5.46. The third kappa shape index (κ3) is 3.55. The lowest BCUT2D eigenvalue weighted by atomic mass is 9.84. The molecule has 0 saturated heterocycles. The van der Waals surface area contributed by atoms with Crippen LogP contribution in [0.15, 0.2) is 15.9 Å². The van der Waals surface area contributed by atoms with Gasteiger partial charge in [-0.1, -0.05) is 19.3 Å². The molecule has 0 bridgehead atoms. The second kappa shape index (κ2) is 6.35. The molecular formula is C14H22BrNS. The molecule has 0 amide bonds. The van der Waals surface area contributed by atoms with Gasteiger partial charge in [0, 0.05) is 21.4 Å². The van der Waals surface area contributed by atoms with Gasteiger partial charge in [-0.15, -0.1) is 11.3 Å². The monoisotopic (exact) mass is 315 g/mol. The predicted octanol–water partition coefficient (Wildman–Crippen LogP) is 5.13. The van der Waals surface area contributed by atoms with Crippen molar-refractivity contribution in [3.05, 3.63) is 20.8 Å². The van der Waals surface area contributed by atoms with Crippen molar-refractivity contribution in [1.82, 2.24) is 5.32 Å². The molecule has 1 aromatic heterocycles. The first-order chi connectivity index (χ1) is 8.18. The fourth-order valence-corrected chi connectivity index (χ4v) is 4.59. The highest BCUT2D eigenvalue weighted by Gasteiger charge is 2.22. The minimum absolute atomic E-state index is 0.460. The Morgan fingerprint density at radius 3 is 2.59 bits per heavy atom. The van der Waals surface area contributed by atoms with Gasteiger partial charge in [0.05, 0.1) is 0 Å². The van der Waals surface area contributed by atoms with E-state index in [0.29, 0.717) is 12.1 Å². The lowest BCUT2D eigenvalue weighted by Crippen LogP contribution is -2.36. The quantitative estimate of drug-likeness (QED) is 0.812. The highest BCUT2D eigenvalue weighted by Crippen LogP contribution is 2.31. The zero-order valence-corrected chi connectivity index (χ0v) is 13.1. The number of rotatable bonds is 4. The van der Waals surface area contributed by atoms with Gasteiger partial charge in [-0.05, 0) is 60.0 Å². The standard InChI is InChI=1S/C14H22BrNS/c1-10(12-6-4-3-5-7-12)16-11(2)14-13(15)8-9-17-14/h8-12,16H,3-7H2,1-2H3/t10-,11?/m0/s1. The van der Waals surface area contributed by atoms with Crippen LogP contribution in [0.1, 0.15) is 56.9 Å². The molecule has 0 aromatic carbocycles. The first-order valence-electron chi connectivity index (χ1n) is 6.67. The lowest BCUT2D eigenvalue weighted by molar-refractivity contribution is 0.269. The smallest absolute Gasteiger partial charge is 0.0399 e. The van der Waals surface area contributed by atoms with Crippen LogP contribution >= 0.6 is 27.3 Å². The Bertz CT molecular complexity index is 344. The molecule has 2 atom stereocenters. The summed E-state index contributed by atoms with van der Waals surface area (Å²) in [4.78, 5) is 1.42. The first kappa shape index (κ1) is 13.6. The Morgan fingerprint density at radius 2 is 2.00 bits per heavy atom. The van der Waals surface area contributed by atoms with Crippen LogP contribution in [0.3, 0.4) is 0 Å². The fourth-order valence-electron chi connectivity index (χ4n) is 2.85. The number of halogens is 1. The van der Waals surface area contributed by atoms with Gasteiger partial charge in [0.15, 0.2) is 0 Å². The highest BCUT2D eigenvalue weighted by atomic mass is 79.9. The summed E-state index contributed by atoms with van der Waals surface area (Å²) in [6.07, 6.45) is 7.11. The summed E-state index contributed by atoms with van der Waals surface area (Å²) in [6.45, 7) is 4.63.